The molecule has 0 atom stereocenters. The maximum Gasteiger partial charge on any atom is 0.273 e. The predicted octanol–water partition coefficient (Wildman–Crippen LogP) is 1.70. The van der Waals surface area contributed by atoms with Gasteiger partial charge in [-0.05, 0) is 19.8 Å². The summed E-state index contributed by atoms with van der Waals surface area (Å²) in [4.78, 5) is 44.2. The van der Waals surface area contributed by atoms with Crippen LogP contribution in [0.2, 0.25) is 0 Å². The molecule has 0 unspecified atom stereocenters. The van der Waals surface area contributed by atoms with E-state index in [4.69, 9.17) is 9.51 Å². The lowest BCUT2D eigenvalue weighted by Crippen LogP contribution is -2.48. The molecule has 0 radical (unpaired) electrons. The third-order valence-electron chi connectivity index (χ3n) is 5.93. The summed E-state index contributed by atoms with van der Waals surface area (Å²) in [6, 6.07) is 0.0524. The number of rotatable bonds is 7. The Labute approximate surface area is 193 Å². The second-order valence-electron chi connectivity index (χ2n) is 9.28. The summed E-state index contributed by atoms with van der Waals surface area (Å²) in [5.41, 5.74) is 1.21. The van der Waals surface area contributed by atoms with Crippen LogP contribution in [0.1, 0.15) is 62.4 Å². The lowest BCUT2D eigenvalue weighted by Gasteiger charge is -2.34. The van der Waals surface area contributed by atoms with Crippen LogP contribution >= 0.6 is 0 Å². The summed E-state index contributed by atoms with van der Waals surface area (Å²) in [6.45, 7) is 13.0. The minimum atomic E-state index is -0.0916. The molecule has 1 fully saturated rings. The Kier molecular flexibility index (Phi) is 6.48. The van der Waals surface area contributed by atoms with Gasteiger partial charge in [0.15, 0.2) is 5.82 Å². The van der Waals surface area contributed by atoms with Gasteiger partial charge in [0.2, 0.25) is 17.7 Å². The molecule has 2 aromatic rings. The highest BCUT2D eigenvalue weighted by molar-refractivity contribution is 5.98. The Bertz CT molecular complexity index is 1030. The second-order valence-corrected chi connectivity index (χ2v) is 9.28. The van der Waals surface area contributed by atoms with Crippen molar-refractivity contribution >= 4 is 23.6 Å². The molecule has 4 heterocycles. The molecule has 0 bridgehead atoms. The highest BCUT2D eigenvalue weighted by Crippen LogP contribution is 2.31. The van der Waals surface area contributed by atoms with Crippen molar-refractivity contribution < 1.29 is 14.1 Å². The number of piperazine rings is 1. The van der Waals surface area contributed by atoms with E-state index in [0.29, 0.717) is 74.4 Å². The Morgan fingerprint density at radius 3 is 2.45 bits per heavy atom. The van der Waals surface area contributed by atoms with E-state index in [0.717, 1.165) is 12.0 Å². The molecule has 2 aliphatic rings. The highest BCUT2D eigenvalue weighted by Gasteiger charge is 2.35. The Hall–Kier alpha value is -3.24. The number of carbonyl (C=O) groups excluding carboxylic acids is 2. The molecule has 1 N–H and O–H groups in total. The lowest BCUT2D eigenvalue weighted by molar-refractivity contribution is -0.129. The molecule has 2 aliphatic heterocycles. The van der Waals surface area contributed by atoms with Gasteiger partial charge in [0, 0.05) is 51.1 Å². The van der Waals surface area contributed by atoms with E-state index in [-0.39, 0.29) is 17.9 Å². The number of nitrogens with zero attached hydrogens (tertiary/aromatic N) is 7. The zero-order valence-electron chi connectivity index (χ0n) is 20.0. The van der Waals surface area contributed by atoms with E-state index in [1.54, 1.807) is 16.7 Å². The highest BCUT2D eigenvalue weighted by atomic mass is 16.5. The maximum atomic E-state index is 13.0. The maximum absolute atomic E-state index is 13.0. The molecule has 178 valence electrons. The van der Waals surface area contributed by atoms with Gasteiger partial charge in [-0.1, -0.05) is 19.0 Å². The van der Waals surface area contributed by atoms with E-state index in [1.807, 2.05) is 18.7 Å². The van der Waals surface area contributed by atoms with Crippen LogP contribution in [0.25, 0.3) is 0 Å². The molecule has 2 aromatic heterocycles. The van der Waals surface area contributed by atoms with E-state index < -0.39 is 0 Å². The van der Waals surface area contributed by atoms with Crippen molar-refractivity contribution in [3.05, 3.63) is 23.0 Å². The van der Waals surface area contributed by atoms with Crippen LogP contribution < -0.4 is 10.2 Å². The van der Waals surface area contributed by atoms with Gasteiger partial charge in [-0.2, -0.15) is 9.97 Å². The van der Waals surface area contributed by atoms with Crippen LogP contribution in [0.5, 0.6) is 0 Å². The van der Waals surface area contributed by atoms with E-state index in [1.165, 1.54) is 0 Å². The van der Waals surface area contributed by atoms with E-state index >= 15 is 0 Å². The van der Waals surface area contributed by atoms with Gasteiger partial charge in [-0.25, -0.2) is 4.98 Å². The van der Waals surface area contributed by atoms with Gasteiger partial charge < -0.3 is 24.5 Å². The zero-order valence-corrected chi connectivity index (χ0v) is 20.0. The van der Waals surface area contributed by atoms with Gasteiger partial charge in [0.25, 0.3) is 5.91 Å². The first kappa shape index (κ1) is 22.9. The SMILES string of the molecule is CC(=O)N1CCN(c2nc(NCc3nc(CC(C)C)no3)c3c(n2)C(=O)N(C(C)C)C3)CC1. The zero-order chi connectivity index (χ0) is 23.7. The molecule has 0 saturated carbocycles. The van der Waals surface area contributed by atoms with Gasteiger partial charge >= 0.3 is 0 Å². The first-order valence-electron chi connectivity index (χ1n) is 11.5. The topological polar surface area (TPSA) is 121 Å². The summed E-state index contributed by atoms with van der Waals surface area (Å²) in [5.74, 6) is 2.65. The van der Waals surface area contributed by atoms with Crippen LogP contribution in [0.4, 0.5) is 11.8 Å². The van der Waals surface area contributed by atoms with Gasteiger partial charge in [-0.15, -0.1) is 0 Å². The smallest absolute Gasteiger partial charge is 0.273 e. The summed E-state index contributed by atoms with van der Waals surface area (Å²) in [7, 11) is 0. The monoisotopic (exact) mass is 456 g/mol. The molecule has 33 heavy (non-hydrogen) atoms. The molecular formula is C22H32N8O3. The summed E-state index contributed by atoms with van der Waals surface area (Å²) >= 11 is 0. The number of hydrogen-bond donors (Lipinski definition) is 1. The summed E-state index contributed by atoms with van der Waals surface area (Å²) in [6.07, 6.45) is 0.751. The predicted molar refractivity (Wildman–Crippen MR) is 122 cm³/mol. The van der Waals surface area contributed by atoms with Crippen LogP contribution in [0.3, 0.4) is 0 Å². The van der Waals surface area contributed by atoms with Crippen molar-refractivity contribution in [2.45, 2.75) is 60.2 Å². The standard InChI is InChI=1S/C22H32N8O3/c1-13(2)10-17-24-18(33-27-17)11-23-20-16-12-30(14(3)4)21(32)19(16)25-22(26-20)29-8-6-28(7-9-29)15(5)31/h13-14H,6-12H2,1-5H3,(H,23,25,26). The fourth-order valence-electron chi connectivity index (χ4n) is 4.07. The van der Waals surface area contributed by atoms with Crippen molar-refractivity contribution in [3.8, 4) is 0 Å². The first-order chi connectivity index (χ1) is 15.7. The van der Waals surface area contributed by atoms with E-state index in [2.05, 4.69) is 34.3 Å². The molecule has 11 heteroatoms. The minimum absolute atomic E-state index is 0.0524. The van der Waals surface area contributed by atoms with Crippen molar-refractivity contribution in [3.63, 3.8) is 0 Å². The molecule has 0 aliphatic carbocycles. The van der Waals surface area contributed by atoms with Crippen molar-refractivity contribution in [1.82, 2.24) is 29.9 Å². The summed E-state index contributed by atoms with van der Waals surface area (Å²) in [5, 5.41) is 7.34. The fourth-order valence-corrected chi connectivity index (χ4v) is 4.07. The van der Waals surface area contributed by atoms with Crippen molar-refractivity contribution in [2.24, 2.45) is 5.92 Å². The third kappa shape index (κ3) is 4.91. The van der Waals surface area contributed by atoms with Crippen LogP contribution in [-0.4, -0.2) is 73.9 Å². The number of fused-ring (bicyclic) bond motifs is 1. The largest absolute Gasteiger partial charge is 0.361 e. The number of amides is 2. The quantitative estimate of drug-likeness (QED) is 0.663. The average Bonchev–Trinajstić information content (AvgIpc) is 3.35. The van der Waals surface area contributed by atoms with Crippen LogP contribution in [-0.2, 0) is 24.3 Å². The average molecular weight is 457 g/mol. The normalized spacial score (nSPS) is 16.2. The fraction of sp³-hybridized carbons (Fsp3) is 0.636. The van der Waals surface area contributed by atoms with Crippen molar-refractivity contribution in [2.75, 3.05) is 36.4 Å². The number of carbonyl (C=O) groups is 2. The Balaban J connectivity index is 1.57. The number of anilines is 2. The molecule has 4 rings (SSSR count). The molecule has 2 amide bonds. The summed E-state index contributed by atoms with van der Waals surface area (Å²) < 4.78 is 5.38. The Morgan fingerprint density at radius 2 is 1.82 bits per heavy atom. The molecule has 1 saturated heterocycles. The molecule has 11 nitrogen and oxygen atoms in total. The lowest BCUT2D eigenvalue weighted by atomic mass is 10.1. The van der Waals surface area contributed by atoms with Gasteiger partial charge in [-0.3, -0.25) is 9.59 Å². The van der Waals surface area contributed by atoms with Crippen LogP contribution in [0, 0.1) is 5.92 Å². The van der Waals surface area contributed by atoms with E-state index in [9.17, 15) is 9.59 Å². The molecule has 0 aromatic carbocycles. The number of aromatic nitrogens is 4. The number of hydrogen-bond acceptors (Lipinski definition) is 9. The molecular weight excluding hydrogens is 424 g/mol. The third-order valence-corrected chi connectivity index (χ3v) is 5.93. The second kappa shape index (κ2) is 9.32. The van der Waals surface area contributed by atoms with Gasteiger partial charge in [0.1, 0.15) is 11.5 Å². The first-order valence-corrected chi connectivity index (χ1v) is 11.5. The van der Waals surface area contributed by atoms with Gasteiger partial charge in [0.05, 0.1) is 13.1 Å². The minimum Gasteiger partial charge on any atom is -0.361 e. The van der Waals surface area contributed by atoms with Crippen LogP contribution in [0.15, 0.2) is 4.52 Å². The molecule has 0 spiro atoms. The van der Waals surface area contributed by atoms with Crippen molar-refractivity contribution in [1.29, 1.82) is 0 Å². The Morgan fingerprint density at radius 1 is 1.09 bits per heavy atom. The number of nitrogens with one attached hydrogen (secondary N) is 1.